The summed E-state index contributed by atoms with van der Waals surface area (Å²) in [4.78, 5) is 0. The molecule has 0 aromatic heterocycles. The lowest BCUT2D eigenvalue weighted by atomic mass is 9.35. The number of allylic oxidation sites excluding steroid dienone is 2. The number of fused-ring (bicyclic) bond motifs is 5. The molecule has 21 heteroatoms. The van der Waals surface area contributed by atoms with Crippen molar-refractivity contribution < 1.29 is 104 Å². The van der Waals surface area contributed by atoms with Gasteiger partial charge in [0.25, 0.3) is 0 Å². The Labute approximate surface area is 441 Å². The van der Waals surface area contributed by atoms with Crippen LogP contribution in [0.3, 0.4) is 0 Å². The Hall–Kier alpha value is -1.10. The van der Waals surface area contributed by atoms with Gasteiger partial charge < -0.3 is 104 Å². The van der Waals surface area contributed by atoms with Gasteiger partial charge in [-0.2, -0.15) is 0 Å². The van der Waals surface area contributed by atoms with Crippen molar-refractivity contribution in [2.24, 2.45) is 45.3 Å². The molecule has 0 aromatic carbocycles. The standard InChI is InChI=1S/C54H92O21/c1-23(2)12-11-16-54(10,75-49-45(67)41(63)37(59)29(73-49)22-69-47-43(65)39(61)35(57)25(4)71-47)26-13-18-53(9)33(26)27(55)20-31-51(7)17-15-32(50(5,6)30(51)14-19-52(31,53)8)74-48-44(66)40(62)36(58)28(72-48)21-68-46-42(64)38(60)34(56)24(3)70-46/h12,24-49,55-67H,11,13-22H2,1-10H3/t24-,25-,26+,27-,28-,29-,30-,31-,32-,33+,34-,35-,36-,37-,38+,39+,40+,41+,42-,43-,44-,45-,46-,47-,48+,49+,51-,52-,53+,54-/m0/s1. The molecule has 0 unspecified atom stereocenters. The Kier molecular flexibility index (Phi) is 17.9. The molecule has 30 atom stereocenters. The van der Waals surface area contributed by atoms with Gasteiger partial charge in [-0.05, 0) is 138 Å². The van der Waals surface area contributed by atoms with Gasteiger partial charge in [0.05, 0.1) is 43.2 Å². The molecule has 21 nitrogen and oxygen atoms in total. The molecule has 4 aliphatic carbocycles. The van der Waals surface area contributed by atoms with E-state index < -0.39 is 159 Å². The minimum Gasteiger partial charge on any atom is -0.393 e. The zero-order chi connectivity index (χ0) is 55.2. The highest BCUT2D eigenvalue weighted by Gasteiger charge is 2.72. The van der Waals surface area contributed by atoms with E-state index >= 15 is 0 Å². The fraction of sp³-hybridized carbons (Fsp3) is 0.963. The van der Waals surface area contributed by atoms with Crippen LogP contribution in [-0.4, -0.2) is 220 Å². The second-order valence-electron chi connectivity index (χ2n) is 25.8. The van der Waals surface area contributed by atoms with Crippen LogP contribution >= 0.6 is 0 Å². The van der Waals surface area contributed by atoms with Gasteiger partial charge in [-0.25, -0.2) is 0 Å². The molecule has 0 spiro atoms. The van der Waals surface area contributed by atoms with Gasteiger partial charge in [0.15, 0.2) is 25.2 Å². The molecule has 0 bridgehead atoms. The maximum Gasteiger partial charge on any atom is 0.187 e. The van der Waals surface area contributed by atoms with Crippen molar-refractivity contribution in [3.8, 4) is 0 Å². The summed E-state index contributed by atoms with van der Waals surface area (Å²) >= 11 is 0. The third-order valence-electron chi connectivity index (χ3n) is 20.8. The maximum absolute atomic E-state index is 12.8. The summed E-state index contributed by atoms with van der Waals surface area (Å²) in [5.41, 5.74) is -1.28. The Morgan fingerprint density at radius 2 is 1.03 bits per heavy atom. The lowest BCUT2D eigenvalue weighted by molar-refractivity contribution is -0.349. The molecule has 0 amide bonds. The van der Waals surface area contributed by atoms with E-state index in [9.17, 15) is 66.4 Å². The van der Waals surface area contributed by atoms with Gasteiger partial charge >= 0.3 is 0 Å². The summed E-state index contributed by atoms with van der Waals surface area (Å²) in [6.45, 7) is 19.6. The quantitative estimate of drug-likeness (QED) is 0.0795. The second-order valence-corrected chi connectivity index (χ2v) is 25.8. The molecule has 434 valence electrons. The Morgan fingerprint density at radius 1 is 0.547 bits per heavy atom. The van der Waals surface area contributed by atoms with E-state index in [1.165, 1.54) is 13.8 Å². The molecule has 8 rings (SSSR count). The highest BCUT2D eigenvalue weighted by Crippen LogP contribution is 2.76. The van der Waals surface area contributed by atoms with E-state index in [4.69, 9.17) is 37.9 Å². The molecule has 13 N–H and O–H groups in total. The number of aliphatic hydroxyl groups is 13. The van der Waals surface area contributed by atoms with Crippen molar-refractivity contribution in [1.82, 2.24) is 0 Å². The lowest BCUT2D eigenvalue weighted by Gasteiger charge is -2.71. The second kappa shape index (κ2) is 22.3. The smallest absolute Gasteiger partial charge is 0.187 e. The van der Waals surface area contributed by atoms with Gasteiger partial charge in [-0.3, -0.25) is 0 Å². The number of rotatable bonds is 14. The van der Waals surface area contributed by atoms with Crippen molar-refractivity contribution in [1.29, 1.82) is 0 Å². The van der Waals surface area contributed by atoms with Gasteiger partial charge in [0.1, 0.15) is 85.5 Å². The number of hydrogen-bond donors (Lipinski definition) is 13. The zero-order valence-corrected chi connectivity index (χ0v) is 45.4. The zero-order valence-electron chi connectivity index (χ0n) is 45.4. The summed E-state index contributed by atoms with van der Waals surface area (Å²) in [6.07, 6.45) is -21.5. The van der Waals surface area contributed by atoms with Crippen LogP contribution in [0.15, 0.2) is 11.6 Å². The van der Waals surface area contributed by atoms with Gasteiger partial charge in [-0.15, -0.1) is 0 Å². The molecular weight excluding hydrogens is 985 g/mol. The summed E-state index contributed by atoms with van der Waals surface area (Å²) in [6, 6.07) is 0. The number of ether oxygens (including phenoxy) is 8. The minimum absolute atomic E-state index is 0.0893. The highest BCUT2D eigenvalue weighted by molar-refractivity contribution is 5.20. The SMILES string of the molecule is CC(C)=CCC[C@](C)(O[C@H]1O[C@@H](CO[C@H]2O[C@@H](C)[C@H](O)[C@@H](O)[C@@H]2O)[C@H](O)[C@@H](O)[C@@H]1O)[C@@H]1CC[C@]2(C)[C@H]1[C@@H](O)C[C@H]1[C@@]3(C)CC[C@H](O[C@H]4O[C@@H](CO[C@H]5O[C@@H](C)[C@H](O)[C@@H](O)[C@@H]5O)[C@H](O)[C@@H](O)[C@@H]4O)C(C)(C)[C@@H]3CC[C@@]12C. The third-order valence-corrected chi connectivity index (χ3v) is 20.8. The van der Waals surface area contributed by atoms with E-state index in [0.717, 1.165) is 31.3 Å². The largest absolute Gasteiger partial charge is 0.393 e. The van der Waals surface area contributed by atoms with E-state index in [1.807, 2.05) is 20.8 Å². The van der Waals surface area contributed by atoms with Crippen LogP contribution in [0.1, 0.15) is 127 Å². The Morgan fingerprint density at radius 3 is 1.56 bits per heavy atom. The Bertz CT molecular complexity index is 1960. The van der Waals surface area contributed by atoms with Crippen molar-refractivity contribution in [2.75, 3.05) is 13.2 Å². The van der Waals surface area contributed by atoms with E-state index in [0.29, 0.717) is 32.1 Å². The van der Waals surface area contributed by atoms with E-state index in [-0.39, 0.29) is 39.9 Å². The normalized spacial score (nSPS) is 53.7. The average molecular weight is 1080 g/mol. The first-order valence-electron chi connectivity index (χ1n) is 27.6. The molecule has 4 saturated heterocycles. The molecule has 4 aliphatic heterocycles. The Balaban J connectivity index is 0.976. The van der Waals surface area contributed by atoms with E-state index in [1.54, 1.807) is 0 Å². The fourth-order valence-corrected chi connectivity index (χ4v) is 16.1. The van der Waals surface area contributed by atoms with Crippen molar-refractivity contribution in [3.63, 3.8) is 0 Å². The first kappa shape index (κ1) is 60.0. The van der Waals surface area contributed by atoms with Gasteiger partial charge in [-0.1, -0.05) is 46.3 Å². The highest BCUT2D eigenvalue weighted by atomic mass is 16.7. The molecule has 0 radical (unpaired) electrons. The van der Waals surface area contributed by atoms with Crippen LogP contribution in [0.25, 0.3) is 0 Å². The van der Waals surface area contributed by atoms with Crippen LogP contribution in [0.4, 0.5) is 0 Å². The van der Waals surface area contributed by atoms with Crippen LogP contribution in [0, 0.1) is 45.3 Å². The first-order chi connectivity index (χ1) is 34.9. The predicted molar refractivity (Wildman–Crippen MR) is 263 cm³/mol. The lowest BCUT2D eigenvalue weighted by Crippen LogP contribution is -2.67. The van der Waals surface area contributed by atoms with E-state index in [2.05, 4.69) is 40.7 Å². The van der Waals surface area contributed by atoms with Crippen molar-refractivity contribution in [3.05, 3.63) is 11.6 Å². The minimum atomic E-state index is -1.70. The fourth-order valence-electron chi connectivity index (χ4n) is 16.1. The molecular formula is C54H92O21. The molecule has 4 heterocycles. The van der Waals surface area contributed by atoms with Crippen molar-refractivity contribution >= 4 is 0 Å². The van der Waals surface area contributed by atoms with Crippen LogP contribution < -0.4 is 0 Å². The summed E-state index contributed by atoms with van der Waals surface area (Å²) in [5, 5.41) is 142. The van der Waals surface area contributed by atoms with Crippen LogP contribution in [0.2, 0.25) is 0 Å². The molecule has 8 fully saturated rings. The summed E-state index contributed by atoms with van der Waals surface area (Å²) in [7, 11) is 0. The predicted octanol–water partition coefficient (Wildman–Crippen LogP) is -0.147. The molecule has 75 heavy (non-hydrogen) atoms. The third kappa shape index (κ3) is 10.6. The van der Waals surface area contributed by atoms with Gasteiger partial charge in [0, 0.05) is 0 Å². The maximum atomic E-state index is 12.8. The monoisotopic (exact) mass is 1080 g/mol. The molecule has 0 aromatic rings. The molecule has 8 aliphatic rings. The van der Waals surface area contributed by atoms with Crippen molar-refractivity contribution in [2.45, 2.75) is 268 Å². The number of aliphatic hydroxyl groups excluding tert-OH is 13. The summed E-state index contributed by atoms with van der Waals surface area (Å²) < 4.78 is 48.6. The topological polar surface area (TPSA) is 337 Å². The average Bonchev–Trinajstić information content (AvgIpc) is 3.75. The summed E-state index contributed by atoms with van der Waals surface area (Å²) in [5.74, 6) is -0.268. The number of hydrogen-bond acceptors (Lipinski definition) is 21. The van der Waals surface area contributed by atoms with Crippen LogP contribution in [-0.2, 0) is 37.9 Å². The van der Waals surface area contributed by atoms with Gasteiger partial charge in [0.2, 0.25) is 0 Å². The molecule has 4 saturated carbocycles. The first-order valence-corrected chi connectivity index (χ1v) is 27.6. The van der Waals surface area contributed by atoms with Crippen LogP contribution in [0.5, 0.6) is 0 Å².